The Bertz CT molecular complexity index is 748. The Morgan fingerprint density at radius 2 is 1.76 bits per heavy atom. The fourth-order valence-corrected chi connectivity index (χ4v) is 2.79. The molecule has 0 saturated heterocycles. The van der Waals surface area contributed by atoms with Crippen molar-refractivity contribution in [2.75, 3.05) is 0 Å². The number of carbonyl (C=O) groups is 2. The first-order chi connectivity index (χ1) is 11.8. The molecule has 134 valence electrons. The number of benzene rings is 1. The molecule has 0 spiro atoms. The summed E-state index contributed by atoms with van der Waals surface area (Å²) in [5, 5.41) is 4.51. The third-order valence-electron chi connectivity index (χ3n) is 4.13. The number of aromatic nitrogens is 2. The smallest absolute Gasteiger partial charge is 0.311 e. The van der Waals surface area contributed by atoms with Crippen LogP contribution in [-0.2, 0) is 22.5 Å². The predicted molar refractivity (Wildman–Crippen MR) is 96.6 cm³/mol. The lowest BCUT2D eigenvalue weighted by Gasteiger charge is -2.13. The van der Waals surface area contributed by atoms with Gasteiger partial charge in [0.05, 0.1) is 12.1 Å². The molecule has 0 radical (unpaired) electrons. The minimum Gasteiger partial charge on any atom is -0.454 e. The number of ketones is 1. The van der Waals surface area contributed by atoms with Crippen molar-refractivity contribution in [1.82, 2.24) is 9.78 Å². The van der Waals surface area contributed by atoms with Crippen LogP contribution in [0.1, 0.15) is 48.1 Å². The molecule has 0 saturated carbocycles. The zero-order valence-corrected chi connectivity index (χ0v) is 15.6. The third-order valence-corrected chi connectivity index (χ3v) is 4.13. The van der Waals surface area contributed by atoms with E-state index in [4.69, 9.17) is 4.74 Å². The third kappa shape index (κ3) is 4.78. The van der Waals surface area contributed by atoms with Crippen molar-refractivity contribution >= 4 is 11.8 Å². The first kappa shape index (κ1) is 18.9. The summed E-state index contributed by atoms with van der Waals surface area (Å²) < 4.78 is 7.28. The van der Waals surface area contributed by atoms with E-state index in [-0.39, 0.29) is 12.2 Å². The van der Waals surface area contributed by atoms with Crippen molar-refractivity contribution in [3.63, 3.8) is 0 Å². The second-order valence-corrected chi connectivity index (χ2v) is 6.76. The zero-order valence-electron chi connectivity index (χ0n) is 15.6. The van der Waals surface area contributed by atoms with Gasteiger partial charge in [-0.15, -0.1) is 0 Å². The highest BCUT2D eigenvalue weighted by atomic mass is 16.5. The maximum Gasteiger partial charge on any atom is 0.311 e. The molecule has 1 unspecified atom stereocenters. The molecule has 2 rings (SSSR count). The molecule has 1 atom stereocenters. The minimum absolute atomic E-state index is 0.127. The van der Waals surface area contributed by atoms with Crippen LogP contribution in [0, 0.1) is 19.8 Å². The van der Waals surface area contributed by atoms with Crippen LogP contribution in [0.15, 0.2) is 30.3 Å². The number of carbonyl (C=O) groups excluding carboxylic acids is 2. The standard InChI is InChI=1S/C20H26N2O3/c1-13(2)12-22-15(4)18(14(3)21-22)11-19(23)25-16(5)20(24)17-9-7-6-8-10-17/h6-10,13,16H,11-12H2,1-5H3. The van der Waals surface area contributed by atoms with Gasteiger partial charge in [-0.25, -0.2) is 0 Å². The first-order valence-corrected chi connectivity index (χ1v) is 8.61. The van der Waals surface area contributed by atoms with E-state index < -0.39 is 12.1 Å². The van der Waals surface area contributed by atoms with Crippen LogP contribution < -0.4 is 0 Å². The van der Waals surface area contributed by atoms with E-state index >= 15 is 0 Å². The van der Waals surface area contributed by atoms with Crippen LogP contribution in [0.2, 0.25) is 0 Å². The van der Waals surface area contributed by atoms with Gasteiger partial charge in [-0.2, -0.15) is 5.10 Å². The monoisotopic (exact) mass is 342 g/mol. The van der Waals surface area contributed by atoms with Crippen molar-refractivity contribution in [3.8, 4) is 0 Å². The van der Waals surface area contributed by atoms with Gasteiger partial charge in [0.1, 0.15) is 0 Å². The van der Waals surface area contributed by atoms with E-state index in [0.29, 0.717) is 11.5 Å². The SMILES string of the molecule is Cc1nn(CC(C)C)c(C)c1CC(=O)OC(C)C(=O)c1ccccc1. The Labute approximate surface area is 149 Å². The van der Waals surface area contributed by atoms with Gasteiger partial charge < -0.3 is 4.74 Å². The molecule has 25 heavy (non-hydrogen) atoms. The van der Waals surface area contributed by atoms with Crippen LogP contribution in [-0.4, -0.2) is 27.6 Å². The molecule has 0 amide bonds. The van der Waals surface area contributed by atoms with Crippen LogP contribution in [0.3, 0.4) is 0 Å². The minimum atomic E-state index is -0.804. The summed E-state index contributed by atoms with van der Waals surface area (Å²) in [4.78, 5) is 24.6. The molecule has 1 aromatic heterocycles. The second-order valence-electron chi connectivity index (χ2n) is 6.76. The van der Waals surface area contributed by atoms with Gasteiger partial charge >= 0.3 is 5.97 Å². The molecule has 0 aliphatic rings. The van der Waals surface area contributed by atoms with Gasteiger partial charge in [-0.05, 0) is 26.7 Å². The number of ether oxygens (including phenoxy) is 1. The van der Waals surface area contributed by atoms with E-state index in [1.807, 2.05) is 24.6 Å². The van der Waals surface area contributed by atoms with E-state index in [2.05, 4.69) is 18.9 Å². The number of hydrogen-bond donors (Lipinski definition) is 0. The summed E-state index contributed by atoms with van der Waals surface area (Å²) >= 11 is 0. The summed E-state index contributed by atoms with van der Waals surface area (Å²) in [6, 6.07) is 8.86. The Kier molecular flexibility index (Phi) is 6.12. The second kappa shape index (κ2) is 8.10. The van der Waals surface area contributed by atoms with Crippen LogP contribution >= 0.6 is 0 Å². The van der Waals surface area contributed by atoms with Gasteiger partial charge in [-0.1, -0.05) is 44.2 Å². The predicted octanol–water partition coefficient (Wildman–Crippen LogP) is 3.51. The lowest BCUT2D eigenvalue weighted by molar-refractivity contribution is -0.145. The number of Topliss-reactive ketones (excluding diaryl/α,β-unsaturated/α-hetero) is 1. The molecular formula is C20H26N2O3. The maximum atomic E-state index is 12.3. The van der Waals surface area contributed by atoms with Gasteiger partial charge in [-0.3, -0.25) is 14.3 Å². The molecule has 1 aromatic carbocycles. The topological polar surface area (TPSA) is 61.2 Å². The van der Waals surface area contributed by atoms with E-state index in [1.165, 1.54) is 0 Å². The zero-order chi connectivity index (χ0) is 18.6. The van der Waals surface area contributed by atoms with Crippen molar-refractivity contribution in [3.05, 3.63) is 52.8 Å². The number of aryl methyl sites for hydroxylation is 1. The molecular weight excluding hydrogens is 316 g/mol. The highest BCUT2D eigenvalue weighted by Gasteiger charge is 2.22. The quantitative estimate of drug-likeness (QED) is 0.571. The number of hydrogen-bond acceptors (Lipinski definition) is 4. The Morgan fingerprint density at radius 1 is 1.12 bits per heavy atom. The average molecular weight is 342 g/mol. The molecule has 0 fully saturated rings. The van der Waals surface area contributed by atoms with Gasteiger partial charge in [0, 0.05) is 23.4 Å². The van der Waals surface area contributed by atoms with Gasteiger partial charge in [0.2, 0.25) is 5.78 Å². The number of nitrogens with zero attached hydrogens (tertiary/aromatic N) is 2. The Morgan fingerprint density at radius 3 is 2.36 bits per heavy atom. The summed E-state index contributed by atoms with van der Waals surface area (Å²) in [6.45, 7) is 10.5. The highest BCUT2D eigenvalue weighted by molar-refractivity contribution is 6.00. The molecule has 5 heteroatoms. The average Bonchev–Trinajstić information content (AvgIpc) is 2.81. The van der Waals surface area contributed by atoms with Crippen LogP contribution in [0.4, 0.5) is 0 Å². The van der Waals surface area contributed by atoms with Crippen LogP contribution in [0.5, 0.6) is 0 Å². The van der Waals surface area contributed by atoms with Crippen molar-refractivity contribution < 1.29 is 14.3 Å². The van der Waals surface area contributed by atoms with E-state index in [1.54, 1.807) is 31.2 Å². The molecule has 2 aromatic rings. The maximum absolute atomic E-state index is 12.3. The first-order valence-electron chi connectivity index (χ1n) is 8.61. The Balaban J connectivity index is 2.03. The Hall–Kier alpha value is -2.43. The number of rotatable bonds is 7. The van der Waals surface area contributed by atoms with Gasteiger partial charge in [0.25, 0.3) is 0 Å². The molecule has 0 bridgehead atoms. The lowest BCUT2D eigenvalue weighted by atomic mass is 10.1. The summed E-state index contributed by atoms with van der Waals surface area (Å²) in [7, 11) is 0. The molecule has 1 heterocycles. The lowest BCUT2D eigenvalue weighted by Crippen LogP contribution is -2.25. The molecule has 5 nitrogen and oxygen atoms in total. The number of esters is 1. The van der Waals surface area contributed by atoms with E-state index in [0.717, 1.165) is 23.5 Å². The molecule has 0 aliphatic carbocycles. The summed E-state index contributed by atoms with van der Waals surface area (Å²) in [5.41, 5.74) is 3.23. The summed E-state index contributed by atoms with van der Waals surface area (Å²) in [5.74, 6) is -0.133. The van der Waals surface area contributed by atoms with Crippen molar-refractivity contribution in [2.24, 2.45) is 5.92 Å². The van der Waals surface area contributed by atoms with Crippen molar-refractivity contribution in [2.45, 2.75) is 53.7 Å². The fraction of sp³-hybridized carbons (Fsp3) is 0.450. The van der Waals surface area contributed by atoms with Crippen LogP contribution in [0.25, 0.3) is 0 Å². The molecule has 0 aliphatic heterocycles. The summed E-state index contributed by atoms with van der Waals surface area (Å²) in [6.07, 6.45) is -0.677. The van der Waals surface area contributed by atoms with Crippen molar-refractivity contribution in [1.29, 1.82) is 0 Å². The highest BCUT2D eigenvalue weighted by Crippen LogP contribution is 2.16. The van der Waals surface area contributed by atoms with E-state index in [9.17, 15) is 9.59 Å². The largest absolute Gasteiger partial charge is 0.454 e. The van der Waals surface area contributed by atoms with Gasteiger partial charge in [0.15, 0.2) is 6.10 Å². The molecule has 0 N–H and O–H groups in total. The fourth-order valence-electron chi connectivity index (χ4n) is 2.79. The normalized spacial score (nSPS) is 12.2.